The average Bonchev–Trinajstić information content (AvgIpc) is 2.29. The van der Waals surface area contributed by atoms with Crippen molar-refractivity contribution in [2.45, 2.75) is 6.04 Å². The Hall–Kier alpha value is -1.39. The summed E-state index contributed by atoms with van der Waals surface area (Å²) >= 11 is 0. The molecule has 0 saturated heterocycles. The van der Waals surface area contributed by atoms with E-state index in [1.54, 1.807) is 0 Å². The van der Waals surface area contributed by atoms with Crippen LogP contribution in [0.3, 0.4) is 0 Å². The minimum atomic E-state index is -0.228. The summed E-state index contributed by atoms with van der Waals surface area (Å²) in [6, 6.07) is 9.61. The Morgan fingerprint density at radius 2 is 1.78 bits per heavy atom. The summed E-state index contributed by atoms with van der Waals surface area (Å²) < 4.78 is 0. The van der Waals surface area contributed by atoms with E-state index in [2.05, 4.69) is 5.32 Å². The Morgan fingerprint density at radius 1 is 1.17 bits per heavy atom. The molecule has 1 aromatic carbocycles. The lowest BCUT2D eigenvalue weighted by atomic mass is 10.1. The zero-order chi connectivity index (χ0) is 13.5. The number of hydrogen-bond acceptors (Lipinski definition) is 3. The molecule has 100 valence electrons. The first-order valence-corrected chi connectivity index (χ1v) is 6.16. The third kappa shape index (κ3) is 4.47. The Kier molecular flexibility index (Phi) is 5.82. The van der Waals surface area contributed by atoms with Gasteiger partial charge in [-0.15, -0.1) is 0 Å². The second-order valence-electron chi connectivity index (χ2n) is 4.87. The molecular formula is C14H23N3O. The minimum Gasteiger partial charge on any atom is -0.353 e. The number of nitrogens with zero attached hydrogens (tertiary/aromatic N) is 2. The van der Waals surface area contributed by atoms with Crippen molar-refractivity contribution >= 4 is 5.91 Å². The van der Waals surface area contributed by atoms with E-state index in [-0.39, 0.29) is 11.9 Å². The second-order valence-corrected chi connectivity index (χ2v) is 4.87. The molecule has 4 heteroatoms. The quantitative estimate of drug-likeness (QED) is 0.816. The summed E-state index contributed by atoms with van der Waals surface area (Å²) in [4.78, 5) is 16.2. The number of carbonyl (C=O) groups is 1. The highest BCUT2D eigenvalue weighted by Crippen LogP contribution is 2.17. The van der Waals surface area contributed by atoms with Gasteiger partial charge in [0.2, 0.25) is 5.91 Å². The monoisotopic (exact) mass is 249 g/mol. The molecule has 0 fully saturated rings. The van der Waals surface area contributed by atoms with Crippen LogP contribution in [0.4, 0.5) is 0 Å². The minimum absolute atomic E-state index is 0.0491. The first-order valence-electron chi connectivity index (χ1n) is 6.16. The van der Waals surface area contributed by atoms with Crippen LogP contribution in [-0.4, -0.2) is 57.0 Å². The van der Waals surface area contributed by atoms with Crippen LogP contribution in [-0.2, 0) is 4.79 Å². The third-order valence-corrected chi connectivity index (χ3v) is 2.74. The molecule has 0 aliphatic heterocycles. The molecular weight excluding hydrogens is 226 g/mol. The fourth-order valence-corrected chi connectivity index (χ4v) is 1.82. The first-order chi connectivity index (χ1) is 8.52. The first kappa shape index (κ1) is 14.7. The molecule has 1 unspecified atom stereocenters. The van der Waals surface area contributed by atoms with Crippen molar-refractivity contribution in [1.29, 1.82) is 0 Å². The number of rotatable bonds is 6. The highest BCUT2D eigenvalue weighted by atomic mass is 16.2. The van der Waals surface area contributed by atoms with Crippen LogP contribution in [0.1, 0.15) is 11.6 Å². The molecule has 0 bridgehead atoms. The van der Waals surface area contributed by atoms with E-state index in [1.165, 1.54) is 0 Å². The molecule has 1 atom stereocenters. The summed E-state index contributed by atoms with van der Waals surface area (Å²) in [6.07, 6.45) is 0. The fourth-order valence-electron chi connectivity index (χ4n) is 1.82. The highest BCUT2D eigenvalue weighted by Gasteiger charge is 2.21. The van der Waals surface area contributed by atoms with Crippen molar-refractivity contribution in [3.05, 3.63) is 35.9 Å². The number of hydrogen-bond donors (Lipinski definition) is 1. The van der Waals surface area contributed by atoms with Gasteiger partial charge < -0.3 is 10.2 Å². The van der Waals surface area contributed by atoms with Gasteiger partial charge in [0, 0.05) is 13.1 Å². The van der Waals surface area contributed by atoms with E-state index in [1.807, 2.05) is 68.3 Å². The van der Waals surface area contributed by atoms with Gasteiger partial charge in [-0.1, -0.05) is 30.3 Å². The van der Waals surface area contributed by atoms with Crippen LogP contribution in [0.5, 0.6) is 0 Å². The van der Waals surface area contributed by atoms with Crippen molar-refractivity contribution in [1.82, 2.24) is 15.1 Å². The number of amides is 1. The van der Waals surface area contributed by atoms with Gasteiger partial charge in [-0.2, -0.15) is 0 Å². The summed E-state index contributed by atoms with van der Waals surface area (Å²) in [5, 5.41) is 2.97. The summed E-state index contributed by atoms with van der Waals surface area (Å²) in [6.45, 7) is 1.52. The number of carbonyl (C=O) groups excluding carboxylic acids is 1. The zero-order valence-corrected chi connectivity index (χ0v) is 11.7. The fraction of sp³-hybridized carbons (Fsp3) is 0.500. The SMILES string of the molecule is CN(C)CCNC(=O)C(c1ccccc1)N(C)C. The zero-order valence-electron chi connectivity index (χ0n) is 11.7. The number of likely N-dealkylation sites (N-methyl/N-ethyl adjacent to an activating group) is 2. The molecule has 0 aliphatic carbocycles. The van der Waals surface area contributed by atoms with Gasteiger partial charge >= 0.3 is 0 Å². The maximum absolute atomic E-state index is 12.2. The topological polar surface area (TPSA) is 35.6 Å². The van der Waals surface area contributed by atoms with Gasteiger partial charge in [-0.25, -0.2) is 0 Å². The molecule has 1 N–H and O–H groups in total. The maximum Gasteiger partial charge on any atom is 0.241 e. The van der Waals surface area contributed by atoms with Gasteiger partial charge in [-0.05, 0) is 33.8 Å². The third-order valence-electron chi connectivity index (χ3n) is 2.74. The maximum atomic E-state index is 12.2. The van der Waals surface area contributed by atoms with Gasteiger partial charge in [0.1, 0.15) is 6.04 Å². The lowest BCUT2D eigenvalue weighted by Crippen LogP contribution is -2.39. The molecule has 1 rings (SSSR count). The summed E-state index contributed by atoms with van der Waals surface area (Å²) in [7, 11) is 7.83. The van der Waals surface area contributed by atoms with Gasteiger partial charge in [-0.3, -0.25) is 9.69 Å². The van der Waals surface area contributed by atoms with Gasteiger partial charge in [0.05, 0.1) is 0 Å². The number of benzene rings is 1. The van der Waals surface area contributed by atoms with Crippen LogP contribution >= 0.6 is 0 Å². The van der Waals surface area contributed by atoms with E-state index < -0.39 is 0 Å². The van der Waals surface area contributed by atoms with Crippen molar-refractivity contribution in [2.75, 3.05) is 41.3 Å². The number of nitrogens with one attached hydrogen (secondary N) is 1. The van der Waals surface area contributed by atoms with Crippen LogP contribution in [0.2, 0.25) is 0 Å². The molecule has 0 radical (unpaired) electrons. The van der Waals surface area contributed by atoms with E-state index in [0.717, 1.165) is 12.1 Å². The van der Waals surface area contributed by atoms with E-state index in [9.17, 15) is 4.79 Å². The molecule has 0 aliphatic rings. The smallest absolute Gasteiger partial charge is 0.241 e. The lowest BCUT2D eigenvalue weighted by molar-refractivity contribution is -0.125. The molecule has 1 amide bonds. The lowest BCUT2D eigenvalue weighted by Gasteiger charge is -2.24. The Morgan fingerprint density at radius 3 is 2.28 bits per heavy atom. The molecule has 0 aromatic heterocycles. The van der Waals surface area contributed by atoms with Crippen molar-refractivity contribution in [3.8, 4) is 0 Å². The highest BCUT2D eigenvalue weighted by molar-refractivity contribution is 5.83. The molecule has 1 aromatic rings. The molecule has 0 saturated carbocycles. The molecule has 0 heterocycles. The Balaban J connectivity index is 2.65. The Bertz CT molecular complexity index is 363. The largest absolute Gasteiger partial charge is 0.353 e. The van der Waals surface area contributed by atoms with Gasteiger partial charge in [0.25, 0.3) is 0 Å². The second kappa shape index (κ2) is 7.13. The van der Waals surface area contributed by atoms with E-state index in [4.69, 9.17) is 0 Å². The standard InChI is InChI=1S/C14H23N3O/c1-16(2)11-10-15-14(18)13(17(3)4)12-8-6-5-7-9-12/h5-9,13H,10-11H2,1-4H3,(H,15,18). The van der Waals surface area contributed by atoms with Crippen molar-refractivity contribution in [3.63, 3.8) is 0 Å². The van der Waals surface area contributed by atoms with Crippen LogP contribution < -0.4 is 5.32 Å². The molecule has 18 heavy (non-hydrogen) atoms. The van der Waals surface area contributed by atoms with E-state index in [0.29, 0.717) is 6.54 Å². The normalized spacial score (nSPS) is 12.8. The van der Waals surface area contributed by atoms with Crippen molar-refractivity contribution < 1.29 is 4.79 Å². The van der Waals surface area contributed by atoms with Gasteiger partial charge in [0.15, 0.2) is 0 Å². The predicted molar refractivity (Wildman–Crippen MR) is 74.4 cm³/mol. The Labute approximate surface area is 110 Å². The van der Waals surface area contributed by atoms with Crippen LogP contribution in [0.25, 0.3) is 0 Å². The molecule has 4 nitrogen and oxygen atoms in total. The van der Waals surface area contributed by atoms with E-state index >= 15 is 0 Å². The van der Waals surface area contributed by atoms with Crippen LogP contribution in [0, 0.1) is 0 Å². The van der Waals surface area contributed by atoms with Crippen molar-refractivity contribution in [2.24, 2.45) is 0 Å². The molecule has 0 spiro atoms. The predicted octanol–water partition coefficient (Wildman–Crippen LogP) is 0.967. The summed E-state index contributed by atoms with van der Waals surface area (Å²) in [5.41, 5.74) is 1.02. The van der Waals surface area contributed by atoms with Crippen LogP contribution in [0.15, 0.2) is 30.3 Å². The summed E-state index contributed by atoms with van der Waals surface area (Å²) in [5.74, 6) is 0.0491. The average molecular weight is 249 g/mol.